The molecule has 0 amide bonds. The van der Waals surface area contributed by atoms with E-state index in [1.165, 1.54) is 57.6 Å². The van der Waals surface area contributed by atoms with E-state index < -0.39 is 0 Å². The summed E-state index contributed by atoms with van der Waals surface area (Å²) in [6, 6.07) is 0. The fourth-order valence-corrected chi connectivity index (χ4v) is 10.8. The molecule has 67 heavy (non-hydrogen) atoms. The van der Waals surface area contributed by atoms with Crippen molar-refractivity contribution in [2.45, 2.75) is 166 Å². The first-order valence-corrected chi connectivity index (χ1v) is 25.5. The van der Waals surface area contributed by atoms with Gasteiger partial charge in [-0.2, -0.15) is 0 Å². The Bertz CT molecular complexity index is 2350. The molecule has 1 fully saturated rings. The van der Waals surface area contributed by atoms with Crippen LogP contribution in [0.4, 0.5) is 0 Å². The second-order valence-corrected chi connectivity index (χ2v) is 20.7. The summed E-state index contributed by atoms with van der Waals surface area (Å²) in [6.07, 6.45) is 24.4. The van der Waals surface area contributed by atoms with Gasteiger partial charge in [-0.3, -0.25) is 9.59 Å². The van der Waals surface area contributed by atoms with Crippen LogP contribution in [0.3, 0.4) is 0 Å². The summed E-state index contributed by atoms with van der Waals surface area (Å²) in [5.74, 6) is 1.61. The highest BCUT2D eigenvalue weighted by Crippen LogP contribution is 2.48. The topological polar surface area (TPSA) is 122 Å². The summed E-state index contributed by atoms with van der Waals surface area (Å²) < 4.78 is 11.0. The molecule has 6 aliphatic rings. The summed E-state index contributed by atoms with van der Waals surface area (Å²) in [5.41, 5.74) is 14.7. The molecule has 9 nitrogen and oxygen atoms in total. The van der Waals surface area contributed by atoms with Gasteiger partial charge in [0.2, 0.25) is 0 Å². The summed E-state index contributed by atoms with van der Waals surface area (Å²) in [6.45, 7) is 26.6. The number of ether oxygens (including phenoxy) is 2. The largest absolute Gasteiger partial charge is 0.512 e. The van der Waals surface area contributed by atoms with Gasteiger partial charge >= 0.3 is 11.9 Å². The van der Waals surface area contributed by atoms with Crippen molar-refractivity contribution in [3.63, 3.8) is 0 Å². The number of aliphatic imine (C=N–C) groups is 3. The van der Waals surface area contributed by atoms with Gasteiger partial charge in [0.15, 0.2) is 0 Å². The maximum absolute atomic E-state index is 13.2. The lowest BCUT2D eigenvalue weighted by molar-refractivity contribution is -0.143. The molecule has 0 radical (unpaired) electrons. The van der Waals surface area contributed by atoms with E-state index in [1.54, 1.807) is 0 Å². The Balaban J connectivity index is 1.19. The van der Waals surface area contributed by atoms with Crippen molar-refractivity contribution in [2.24, 2.45) is 50.5 Å². The van der Waals surface area contributed by atoms with Crippen molar-refractivity contribution < 1.29 is 24.2 Å². The average Bonchev–Trinajstić information content (AvgIpc) is 3.96. The van der Waals surface area contributed by atoms with Crippen molar-refractivity contribution in [2.75, 3.05) is 13.7 Å². The fourth-order valence-electron chi connectivity index (χ4n) is 10.8. The molecule has 1 aliphatic carbocycles. The van der Waals surface area contributed by atoms with Crippen LogP contribution in [0, 0.1) is 35.5 Å². The van der Waals surface area contributed by atoms with Crippen LogP contribution >= 0.6 is 0 Å². The molecule has 0 spiro atoms. The van der Waals surface area contributed by atoms with Crippen LogP contribution in [0.15, 0.2) is 131 Å². The highest BCUT2D eigenvalue weighted by molar-refractivity contribution is 6.20. The molecule has 0 aromatic carbocycles. The fraction of sp³-hybridized carbons (Fsp3) is 0.569. The van der Waals surface area contributed by atoms with Crippen LogP contribution in [0.25, 0.3) is 0 Å². The molecule has 1 saturated heterocycles. The maximum atomic E-state index is 13.2. The molecule has 6 rings (SSSR count). The number of hydrogen-bond donors (Lipinski definition) is 2. The molecule has 0 aromatic heterocycles. The van der Waals surface area contributed by atoms with Gasteiger partial charge in [0.25, 0.3) is 0 Å². The number of carbonyl (C=O) groups is 2. The van der Waals surface area contributed by atoms with Crippen molar-refractivity contribution in [3.8, 4) is 0 Å². The summed E-state index contributed by atoms with van der Waals surface area (Å²) in [4.78, 5) is 41.9. The molecule has 362 valence electrons. The van der Waals surface area contributed by atoms with Gasteiger partial charge in [0.1, 0.15) is 12.4 Å². The number of methoxy groups -OCH3 is 1. The van der Waals surface area contributed by atoms with Crippen molar-refractivity contribution in [1.82, 2.24) is 5.32 Å². The zero-order chi connectivity index (χ0) is 48.5. The molecule has 2 N–H and O–H groups in total. The first-order valence-electron chi connectivity index (χ1n) is 25.5. The molecule has 2 unspecified atom stereocenters. The number of esters is 2. The van der Waals surface area contributed by atoms with Gasteiger partial charge in [0, 0.05) is 58.7 Å². The lowest BCUT2D eigenvalue weighted by Gasteiger charge is -2.30. The smallest absolute Gasteiger partial charge is 0.306 e. The lowest BCUT2D eigenvalue weighted by atomic mass is 9.75. The van der Waals surface area contributed by atoms with Gasteiger partial charge in [-0.15, -0.1) is 0 Å². The minimum absolute atomic E-state index is 0.0124. The predicted octanol–water partition coefficient (Wildman–Crippen LogP) is 14.1. The van der Waals surface area contributed by atoms with E-state index in [2.05, 4.69) is 92.4 Å². The molecule has 0 aromatic rings. The van der Waals surface area contributed by atoms with Crippen LogP contribution in [0.1, 0.15) is 166 Å². The van der Waals surface area contributed by atoms with E-state index in [1.807, 2.05) is 19.1 Å². The Hall–Kier alpha value is -5.05. The molecule has 8 bridgehead atoms. The number of hydrogen-bond acceptors (Lipinski definition) is 9. The number of nitrogens with one attached hydrogen (secondary N) is 1. The summed E-state index contributed by atoms with van der Waals surface area (Å²) in [5, 5.41) is 15.6. The van der Waals surface area contributed by atoms with Crippen molar-refractivity contribution in [1.29, 1.82) is 0 Å². The van der Waals surface area contributed by atoms with Crippen molar-refractivity contribution in [3.05, 3.63) is 116 Å². The number of nitrogens with zero attached hydrogens (tertiary/aromatic N) is 3. The molecule has 5 atom stereocenters. The Morgan fingerprint density at radius 1 is 0.866 bits per heavy atom. The number of aliphatic hydroxyl groups is 1. The third-order valence-electron chi connectivity index (χ3n) is 15.1. The standard InChI is InChI=1S/C58H80N4O5/c1-13-43-38(8)46-31-48-40(10)45(25-18-26-53(64)67-28-27-37(7)24-17-23-36(6)22-16-21-35(5)20-15-19-34(3)4)57(61-48)56-42(30-54(65)66-12)29-52(63)55-41(11)49(62-58(55)56)33-51-44(14-2)39(9)47(60-51)32-50(43)59-46/h13,27,31-36,40,42,45,61,63H,1,14-26,28-30H2,2-12H3/b37-27+,48-31?,50-32?,51-33?,57-56?/t35-,36-,40?,42?,45+/m1/s1. The second-order valence-electron chi connectivity index (χ2n) is 20.7. The van der Waals surface area contributed by atoms with Gasteiger partial charge in [-0.25, -0.2) is 15.0 Å². The zero-order valence-corrected chi connectivity index (χ0v) is 42.8. The molecular formula is C58H80N4O5. The van der Waals surface area contributed by atoms with Crippen LogP contribution in [0.5, 0.6) is 0 Å². The second kappa shape index (κ2) is 23.3. The third kappa shape index (κ3) is 12.4. The first kappa shape index (κ1) is 51.3. The van der Waals surface area contributed by atoms with Gasteiger partial charge in [-0.05, 0) is 124 Å². The maximum Gasteiger partial charge on any atom is 0.306 e. The third-order valence-corrected chi connectivity index (χ3v) is 15.1. The van der Waals surface area contributed by atoms with Gasteiger partial charge < -0.3 is 19.9 Å². The highest BCUT2D eigenvalue weighted by atomic mass is 16.5. The Morgan fingerprint density at radius 2 is 1.54 bits per heavy atom. The van der Waals surface area contributed by atoms with E-state index in [0.717, 1.165) is 110 Å². The summed E-state index contributed by atoms with van der Waals surface area (Å²) in [7, 11) is 1.40. The zero-order valence-electron chi connectivity index (χ0n) is 42.8. The number of fused-ring (bicyclic) bond motifs is 5. The van der Waals surface area contributed by atoms with Crippen LogP contribution in [0.2, 0.25) is 0 Å². The molecule has 5 aliphatic heterocycles. The number of carbonyl (C=O) groups excluding carboxylic acids is 2. The normalized spacial score (nSPS) is 22.4. The quantitative estimate of drug-likeness (QED) is 0.0824. The van der Waals surface area contributed by atoms with E-state index >= 15 is 0 Å². The van der Waals surface area contributed by atoms with Crippen molar-refractivity contribution >= 4 is 29.1 Å². The Kier molecular flexibility index (Phi) is 17.9. The van der Waals surface area contributed by atoms with E-state index in [4.69, 9.17) is 24.5 Å². The molecular weight excluding hydrogens is 833 g/mol. The number of aliphatic hydroxyl groups excluding tert-OH is 1. The van der Waals surface area contributed by atoms with Crippen LogP contribution in [-0.4, -0.2) is 47.9 Å². The lowest BCUT2D eigenvalue weighted by Crippen LogP contribution is -2.29. The minimum Gasteiger partial charge on any atom is -0.512 e. The molecule has 0 saturated carbocycles. The number of allylic oxidation sites excluding steroid dienone is 14. The van der Waals surface area contributed by atoms with Crippen LogP contribution in [-0.2, 0) is 19.1 Å². The van der Waals surface area contributed by atoms with E-state index in [0.29, 0.717) is 30.5 Å². The average molecular weight is 913 g/mol. The Labute approximate surface area is 402 Å². The Morgan fingerprint density at radius 3 is 2.21 bits per heavy atom. The first-order chi connectivity index (χ1) is 32.0. The minimum atomic E-state index is -0.386. The molecule has 9 heteroatoms. The summed E-state index contributed by atoms with van der Waals surface area (Å²) >= 11 is 0. The predicted molar refractivity (Wildman–Crippen MR) is 276 cm³/mol. The highest BCUT2D eigenvalue weighted by Gasteiger charge is 2.43. The molecule has 5 heterocycles. The van der Waals surface area contributed by atoms with Crippen LogP contribution < -0.4 is 5.32 Å². The van der Waals surface area contributed by atoms with E-state index in [-0.39, 0.29) is 54.9 Å². The monoisotopic (exact) mass is 913 g/mol. The van der Waals surface area contributed by atoms with E-state index in [9.17, 15) is 14.7 Å². The van der Waals surface area contributed by atoms with Gasteiger partial charge in [-0.1, -0.05) is 105 Å². The van der Waals surface area contributed by atoms with Gasteiger partial charge in [0.05, 0.1) is 47.8 Å². The SMILES string of the molecule is C=CC1=C(C)C2=NC1=CC1=NC(=CC3=C(C)C4=C(O)CC(CC(=O)OC)C(=C5NC(=C2)C(C)[C@@H]5CCCC(=O)OC/C=C(\C)CCC[C@H](C)CCC[C@H](C)CCCC(C)C)C4=N3)C(CC)=C1C. The number of rotatable bonds is 22.